The van der Waals surface area contributed by atoms with Gasteiger partial charge >= 0.3 is 0 Å². The molecule has 0 atom stereocenters. The highest BCUT2D eigenvalue weighted by Gasteiger charge is 2.12. The smallest absolute Gasteiger partial charge is 0.200 e. The van der Waals surface area contributed by atoms with Crippen molar-refractivity contribution in [3.05, 3.63) is 52.3 Å². The lowest BCUT2D eigenvalue weighted by molar-refractivity contribution is 1.10. The number of nitrogens with zero attached hydrogens (tertiary/aromatic N) is 3. The van der Waals surface area contributed by atoms with E-state index in [1.165, 1.54) is 11.1 Å². The van der Waals surface area contributed by atoms with Crippen LogP contribution in [-0.4, -0.2) is 20.2 Å². The predicted octanol–water partition coefficient (Wildman–Crippen LogP) is 4.37. The third-order valence-corrected chi connectivity index (χ3v) is 4.27. The highest BCUT2D eigenvalue weighted by atomic mass is 32.1. The van der Waals surface area contributed by atoms with Gasteiger partial charge in [-0.25, -0.2) is 9.97 Å². The molecule has 3 heterocycles. The van der Waals surface area contributed by atoms with Crippen LogP contribution < -0.4 is 0 Å². The van der Waals surface area contributed by atoms with E-state index >= 15 is 0 Å². The third-order valence-electron chi connectivity index (χ3n) is 3.59. The van der Waals surface area contributed by atoms with E-state index in [2.05, 4.69) is 58.7 Å². The Morgan fingerprint density at radius 1 is 1.05 bits per heavy atom. The molecule has 22 heavy (non-hydrogen) atoms. The molecule has 4 nitrogen and oxygen atoms in total. The molecule has 0 unspecified atom stereocenters. The first-order chi connectivity index (χ1) is 10.7. The van der Waals surface area contributed by atoms with Crippen LogP contribution in [0.3, 0.4) is 0 Å². The molecular formula is C17H14N4S. The van der Waals surface area contributed by atoms with Crippen molar-refractivity contribution < 1.29 is 0 Å². The van der Waals surface area contributed by atoms with Gasteiger partial charge < -0.3 is 0 Å². The summed E-state index contributed by atoms with van der Waals surface area (Å²) < 4.78 is 0. The first-order valence-corrected chi connectivity index (χ1v) is 7.97. The van der Waals surface area contributed by atoms with Crippen LogP contribution in [0.5, 0.6) is 0 Å². The van der Waals surface area contributed by atoms with Crippen molar-refractivity contribution in [3.8, 4) is 22.5 Å². The van der Waals surface area contributed by atoms with Crippen LogP contribution >= 0.6 is 11.3 Å². The Balaban J connectivity index is 1.93. The second-order valence-corrected chi connectivity index (χ2v) is 6.19. The number of rotatable bonds is 2. The minimum Gasteiger partial charge on any atom is -0.273 e. The Hall–Kier alpha value is -2.53. The van der Waals surface area contributed by atoms with E-state index in [0.29, 0.717) is 5.65 Å². The molecule has 1 aromatic carbocycles. The van der Waals surface area contributed by atoms with Gasteiger partial charge in [0.25, 0.3) is 0 Å². The zero-order valence-electron chi connectivity index (χ0n) is 12.3. The molecule has 0 spiro atoms. The zero-order valence-corrected chi connectivity index (χ0v) is 13.1. The topological polar surface area (TPSA) is 54.5 Å². The minimum absolute atomic E-state index is 0.646. The molecule has 0 radical (unpaired) electrons. The van der Waals surface area contributed by atoms with Crippen LogP contribution in [0.4, 0.5) is 0 Å². The summed E-state index contributed by atoms with van der Waals surface area (Å²) in [4.78, 5) is 9.19. The van der Waals surface area contributed by atoms with Crippen LogP contribution in [0.2, 0.25) is 0 Å². The summed E-state index contributed by atoms with van der Waals surface area (Å²) in [6.45, 7) is 4.19. The lowest BCUT2D eigenvalue weighted by atomic mass is 10.0. The Labute approximate surface area is 131 Å². The molecule has 0 fully saturated rings. The maximum Gasteiger partial charge on any atom is 0.200 e. The van der Waals surface area contributed by atoms with Gasteiger partial charge in [0.15, 0.2) is 5.65 Å². The molecule has 0 bridgehead atoms. The largest absolute Gasteiger partial charge is 0.273 e. The fourth-order valence-electron chi connectivity index (χ4n) is 2.66. The molecule has 108 valence electrons. The summed E-state index contributed by atoms with van der Waals surface area (Å²) in [6, 6.07) is 8.49. The average Bonchev–Trinajstić information content (AvgIpc) is 3.15. The van der Waals surface area contributed by atoms with Crippen molar-refractivity contribution in [2.24, 2.45) is 0 Å². The lowest BCUT2D eigenvalue weighted by Crippen LogP contribution is -1.88. The predicted molar refractivity (Wildman–Crippen MR) is 89.9 cm³/mol. The Morgan fingerprint density at radius 2 is 1.86 bits per heavy atom. The number of aromatic nitrogens is 4. The number of benzene rings is 1. The first kappa shape index (κ1) is 13.2. The number of aryl methyl sites for hydroxylation is 2. The van der Waals surface area contributed by atoms with E-state index in [0.717, 1.165) is 28.0 Å². The minimum atomic E-state index is 0.646. The Kier molecular flexibility index (Phi) is 3.01. The van der Waals surface area contributed by atoms with E-state index in [9.17, 15) is 0 Å². The number of hydrogen-bond donors (Lipinski definition) is 1. The van der Waals surface area contributed by atoms with Crippen LogP contribution in [0.1, 0.15) is 11.1 Å². The summed E-state index contributed by atoms with van der Waals surface area (Å²) in [7, 11) is 0. The van der Waals surface area contributed by atoms with Crippen molar-refractivity contribution in [2.75, 3.05) is 0 Å². The van der Waals surface area contributed by atoms with Gasteiger partial charge in [-0.1, -0.05) is 17.2 Å². The molecule has 0 aliphatic rings. The fraction of sp³-hybridized carbons (Fsp3) is 0.118. The maximum atomic E-state index is 4.76. The van der Waals surface area contributed by atoms with Gasteiger partial charge in [-0.3, -0.25) is 5.10 Å². The SMILES string of the molecule is Cc1cc(C)cc(-c2[nH]nc3ncc(-c4ccsc4)nc23)c1. The number of nitrogens with one attached hydrogen (secondary N) is 1. The van der Waals surface area contributed by atoms with Gasteiger partial charge in [-0.15, -0.1) is 0 Å². The summed E-state index contributed by atoms with van der Waals surface area (Å²) in [6.07, 6.45) is 1.77. The van der Waals surface area contributed by atoms with Crippen LogP contribution in [-0.2, 0) is 0 Å². The number of H-pyrrole nitrogens is 1. The van der Waals surface area contributed by atoms with Gasteiger partial charge in [-0.05, 0) is 37.4 Å². The molecule has 3 aromatic heterocycles. The quantitative estimate of drug-likeness (QED) is 0.598. The van der Waals surface area contributed by atoms with E-state index in [1.54, 1.807) is 17.5 Å². The molecule has 0 aliphatic carbocycles. The van der Waals surface area contributed by atoms with E-state index in [-0.39, 0.29) is 0 Å². The van der Waals surface area contributed by atoms with Crippen molar-refractivity contribution in [3.63, 3.8) is 0 Å². The van der Waals surface area contributed by atoms with Crippen molar-refractivity contribution >= 4 is 22.5 Å². The maximum absolute atomic E-state index is 4.76. The van der Waals surface area contributed by atoms with E-state index in [1.807, 2.05) is 5.38 Å². The van der Waals surface area contributed by atoms with Gasteiger partial charge in [0.2, 0.25) is 0 Å². The molecule has 1 N–H and O–H groups in total. The second-order valence-electron chi connectivity index (χ2n) is 5.41. The summed E-state index contributed by atoms with van der Waals surface area (Å²) >= 11 is 1.66. The van der Waals surface area contributed by atoms with Crippen molar-refractivity contribution in [1.29, 1.82) is 0 Å². The second kappa shape index (κ2) is 5.03. The zero-order chi connectivity index (χ0) is 15.1. The molecule has 5 heteroatoms. The number of fused-ring (bicyclic) bond motifs is 1. The number of aromatic amines is 1. The van der Waals surface area contributed by atoms with Crippen molar-refractivity contribution in [1.82, 2.24) is 20.2 Å². The van der Waals surface area contributed by atoms with Crippen LogP contribution in [0, 0.1) is 13.8 Å². The lowest BCUT2D eigenvalue weighted by Gasteiger charge is -2.03. The summed E-state index contributed by atoms with van der Waals surface area (Å²) in [5.41, 5.74) is 7.89. The Morgan fingerprint density at radius 3 is 2.59 bits per heavy atom. The van der Waals surface area contributed by atoms with Gasteiger partial charge in [0.1, 0.15) is 5.52 Å². The van der Waals surface area contributed by atoms with Gasteiger partial charge in [-0.2, -0.15) is 16.4 Å². The molecule has 4 rings (SSSR count). The van der Waals surface area contributed by atoms with Crippen molar-refractivity contribution in [2.45, 2.75) is 13.8 Å². The molecule has 4 aromatic rings. The molecule has 0 saturated heterocycles. The highest BCUT2D eigenvalue weighted by Crippen LogP contribution is 2.28. The first-order valence-electron chi connectivity index (χ1n) is 7.03. The van der Waals surface area contributed by atoms with Crippen LogP contribution in [0.25, 0.3) is 33.7 Å². The normalized spacial score (nSPS) is 11.2. The standard InChI is InChI=1S/C17H14N4S/c1-10-5-11(2)7-13(6-10)15-16-17(21-20-15)18-8-14(19-16)12-3-4-22-9-12/h3-9H,1-2H3,(H,18,20,21). The fourth-order valence-corrected chi connectivity index (χ4v) is 3.31. The average molecular weight is 306 g/mol. The highest BCUT2D eigenvalue weighted by molar-refractivity contribution is 7.08. The van der Waals surface area contributed by atoms with Gasteiger partial charge in [0.05, 0.1) is 17.6 Å². The van der Waals surface area contributed by atoms with Gasteiger partial charge in [0, 0.05) is 16.5 Å². The van der Waals surface area contributed by atoms with Crippen LogP contribution in [0.15, 0.2) is 41.2 Å². The van der Waals surface area contributed by atoms with E-state index < -0.39 is 0 Å². The molecule has 0 aliphatic heterocycles. The Bertz CT molecular complexity index is 934. The molecular weight excluding hydrogens is 292 g/mol. The number of hydrogen-bond acceptors (Lipinski definition) is 4. The molecule has 0 amide bonds. The summed E-state index contributed by atoms with van der Waals surface area (Å²) in [5.74, 6) is 0. The monoisotopic (exact) mass is 306 g/mol. The third kappa shape index (κ3) is 2.19. The molecule has 0 saturated carbocycles. The van der Waals surface area contributed by atoms with E-state index in [4.69, 9.17) is 4.98 Å². The number of thiophene rings is 1. The summed E-state index contributed by atoms with van der Waals surface area (Å²) in [5, 5.41) is 11.5.